The zero-order valence-electron chi connectivity index (χ0n) is 16.6. The minimum atomic E-state index is -0.0719. The van der Waals surface area contributed by atoms with E-state index in [1.165, 1.54) is 0 Å². The van der Waals surface area contributed by atoms with Crippen molar-refractivity contribution < 1.29 is 19.0 Å². The second-order valence-corrected chi connectivity index (χ2v) is 6.55. The van der Waals surface area contributed by atoms with E-state index >= 15 is 0 Å². The first-order valence-electron chi connectivity index (χ1n) is 9.26. The molecule has 0 spiro atoms. The van der Waals surface area contributed by atoms with Crippen LogP contribution in [0.1, 0.15) is 0 Å². The van der Waals surface area contributed by atoms with E-state index in [1.54, 1.807) is 39.5 Å². The van der Waals surface area contributed by atoms with Gasteiger partial charge in [0.05, 0.1) is 39.2 Å². The van der Waals surface area contributed by atoms with Crippen LogP contribution in [0.25, 0.3) is 0 Å². The number of hydrogen-bond donors (Lipinski definition) is 1. The standard InChI is InChI=1S/C21H27N3O4/c1-26-16-8-9-19(27-2)17(14-16)22-21(25)15-23-10-12-24(13-11-23)18-6-4-5-7-20(18)28-3/h4-9,14H,10-13,15H2,1-3H3,(H,22,25). The monoisotopic (exact) mass is 385 g/mol. The first kappa shape index (κ1) is 19.8. The molecular weight excluding hydrogens is 358 g/mol. The molecule has 1 heterocycles. The first-order valence-corrected chi connectivity index (χ1v) is 9.26. The number of para-hydroxylation sites is 2. The Morgan fingerprint density at radius 1 is 0.929 bits per heavy atom. The minimum Gasteiger partial charge on any atom is -0.497 e. The molecular formula is C21H27N3O4. The molecule has 150 valence electrons. The number of ether oxygens (including phenoxy) is 3. The lowest BCUT2D eigenvalue weighted by molar-refractivity contribution is -0.117. The van der Waals surface area contributed by atoms with Crippen LogP contribution in [0.15, 0.2) is 42.5 Å². The molecule has 0 bridgehead atoms. The van der Waals surface area contributed by atoms with Gasteiger partial charge in [-0.25, -0.2) is 0 Å². The highest BCUT2D eigenvalue weighted by Crippen LogP contribution is 2.30. The summed E-state index contributed by atoms with van der Waals surface area (Å²) in [6.07, 6.45) is 0. The largest absolute Gasteiger partial charge is 0.497 e. The lowest BCUT2D eigenvalue weighted by Crippen LogP contribution is -2.48. The second kappa shape index (κ2) is 9.32. The van der Waals surface area contributed by atoms with Gasteiger partial charge in [0.25, 0.3) is 0 Å². The van der Waals surface area contributed by atoms with Gasteiger partial charge in [-0.3, -0.25) is 9.69 Å². The minimum absolute atomic E-state index is 0.0719. The summed E-state index contributed by atoms with van der Waals surface area (Å²) in [6, 6.07) is 13.4. The predicted octanol–water partition coefficient (Wildman–Crippen LogP) is 2.47. The Labute approximate surface area is 165 Å². The van der Waals surface area contributed by atoms with Gasteiger partial charge in [-0.2, -0.15) is 0 Å². The number of carbonyl (C=O) groups excluding carboxylic acids is 1. The van der Waals surface area contributed by atoms with Crippen LogP contribution in [-0.4, -0.2) is 64.9 Å². The molecule has 1 aliphatic heterocycles. The van der Waals surface area contributed by atoms with Crippen molar-refractivity contribution in [3.63, 3.8) is 0 Å². The van der Waals surface area contributed by atoms with Crippen molar-refractivity contribution in [2.75, 3.05) is 64.3 Å². The smallest absolute Gasteiger partial charge is 0.238 e. The molecule has 0 aliphatic carbocycles. The van der Waals surface area contributed by atoms with Crippen LogP contribution in [0, 0.1) is 0 Å². The molecule has 2 aromatic carbocycles. The van der Waals surface area contributed by atoms with Gasteiger partial charge < -0.3 is 24.4 Å². The predicted molar refractivity (Wildman–Crippen MR) is 110 cm³/mol. The number of methoxy groups -OCH3 is 3. The fourth-order valence-corrected chi connectivity index (χ4v) is 3.34. The number of carbonyl (C=O) groups is 1. The van der Waals surface area contributed by atoms with Gasteiger partial charge in [-0.1, -0.05) is 12.1 Å². The number of hydrogen-bond acceptors (Lipinski definition) is 6. The number of rotatable bonds is 7. The second-order valence-electron chi connectivity index (χ2n) is 6.55. The first-order chi connectivity index (χ1) is 13.6. The number of nitrogens with one attached hydrogen (secondary N) is 1. The van der Waals surface area contributed by atoms with E-state index in [2.05, 4.69) is 21.2 Å². The fraction of sp³-hybridized carbons (Fsp3) is 0.381. The maximum atomic E-state index is 12.5. The van der Waals surface area contributed by atoms with Gasteiger partial charge >= 0.3 is 0 Å². The number of nitrogens with zero attached hydrogens (tertiary/aromatic N) is 2. The van der Waals surface area contributed by atoms with Crippen molar-refractivity contribution in [1.29, 1.82) is 0 Å². The van der Waals surface area contributed by atoms with E-state index in [0.717, 1.165) is 37.6 Å². The van der Waals surface area contributed by atoms with E-state index in [9.17, 15) is 4.79 Å². The quantitative estimate of drug-likeness (QED) is 0.790. The van der Waals surface area contributed by atoms with Gasteiger partial charge in [0, 0.05) is 32.2 Å². The van der Waals surface area contributed by atoms with Crippen LogP contribution < -0.4 is 24.4 Å². The van der Waals surface area contributed by atoms with Crippen molar-refractivity contribution >= 4 is 17.3 Å². The lowest BCUT2D eigenvalue weighted by atomic mass is 10.2. The SMILES string of the molecule is COc1ccc(OC)c(NC(=O)CN2CCN(c3ccccc3OC)CC2)c1. The van der Waals surface area contributed by atoms with Gasteiger partial charge in [-0.15, -0.1) is 0 Å². The Morgan fingerprint density at radius 3 is 2.32 bits per heavy atom. The van der Waals surface area contributed by atoms with Gasteiger partial charge in [0.15, 0.2) is 0 Å². The molecule has 28 heavy (non-hydrogen) atoms. The van der Waals surface area contributed by atoms with Crippen LogP contribution in [-0.2, 0) is 4.79 Å². The highest BCUT2D eigenvalue weighted by Gasteiger charge is 2.21. The Kier molecular flexibility index (Phi) is 6.60. The maximum absolute atomic E-state index is 12.5. The van der Waals surface area contributed by atoms with E-state index in [4.69, 9.17) is 14.2 Å². The van der Waals surface area contributed by atoms with E-state index in [0.29, 0.717) is 23.7 Å². The van der Waals surface area contributed by atoms with Crippen LogP contribution in [0.3, 0.4) is 0 Å². The summed E-state index contributed by atoms with van der Waals surface area (Å²) in [5.74, 6) is 2.08. The molecule has 1 amide bonds. The maximum Gasteiger partial charge on any atom is 0.238 e. The highest BCUT2D eigenvalue weighted by atomic mass is 16.5. The van der Waals surface area contributed by atoms with Crippen molar-refractivity contribution in [2.24, 2.45) is 0 Å². The molecule has 7 nitrogen and oxygen atoms in total. The molecule has 7 heteroatoms. The zero-order valence-corrected chi connectivity index (χ0v) is 16.6. The van der Waals surface area contributed by atoms with E-state index in [1.807, 2.05) is 18.2 Å². The topological polar surface area (TPSA) is 63.3 Å². The number of anilines is 2. The van der Waals surface area contributed by atoms with Crippen LogP contribution >= 0.6 is 0 Å². The summed E-state index contributed by atoms with van der Waals surface area (Å²) < 4.78 is 16.0. The third-order valence-corrected chi connectivity index (χ3v) is 4.85. The summed E-state index contributed by atoms with van der Waals surface area (Å²) >= 11 is 0. The fourth-order valence-electron chi connectivity index (χ4n) is 3.34. The summed E-state index contributed by atoms with van der Waals surface area (Å²) in [6.45, 7) is 3.63. The molecule has 0 aromatic heterocycles. The summed E-state index contributed by atoms with van der Waals surface area (Å²) in [5, 5.41) is 2.93. The number of benzene rings is 2. The van der Waals surface area contributed by atoms with E-state index < -0.39 is 0 Å². The van der Waals surface area contributed by atoms with E-state index in [-0.39, 0.29) is 5.91 Å². The highest BCUT2D eigenvalue weighted by molar-refractivity contribution is 5.94. The van der Waals surface area contributed by atoms with Gasteiger partial charge in [0.2, 0.25) is 5.91 Å². The van der Waals surface area contributed by atoms with Gasteiger partial charge in [-0.05, 0) is 24.3 Å². The summed E-state index contributed by atoms with van der Waals surface area (Å²) in [5.41, 5.74) is 1.70. The van der Waals surface area contributed by atoms with Crippen LogP contribution in [0.5, 0.6) is 17.2 Å². The van der Waals surface area contributed by atoms with Crippen LogP contribution in [0.4, 0.5) is 11.4 Å². The van der Waals surface area contributed by atoms with Crippen molar-refractivity contribution in [3.8, 4) is 17.2 Å². The summed E-state index contributed by atoms with van der Waals surface area (Å²) in [7, 11) is 4.86. The number of amides is 1. The molecule has 3 rings (SSSR count). The molecule has 0 atom stereocenters. The average Bonchev–Trinajstić information content (AvgIpc) is 2.74. The molecule has 1 fully saturated rings. The van der Waals surface area contributed by atoms with Crippen molar-refractivity contribution in [3.05, 3.63) is 42.5 Å². The van der Waals surface area contributed by atoms with Gasteiger partial charge in [0.1, 0.15) is 17.2 Å². The molecule has 2 aromatic rings. The third kappa shape index (κ3) is 4.67. The normalized spacial score (nSPS) is 14.5. The Bertz CT molecular complexity index is 804. The average molecular weight is 385 g/mol. The lowest BCUT2D eigenvalue weighted by Gasteiger charge is -2.36. The van der Waals surface area contributed by atoms with Crippen molar-refractivity contribution in [1.82, 2.24) is 4.90 Å². The number of piperazine rings is 1. The molecule has 0 saturated carbocycles. The molecule has 0 unspecified atom stereocenters. The van der Waals surface area contributed by atoms with Crippen LogP contribution in [0.2, 0.25) is 0 Å². The molecule has 1 saturated heterocycles. The Morgan fingerprint density at radius 2 is 1.64 bits per heavy atom. The molecule has 0 radical (unpaired) electrons. The van der Waals surface area contributed by atoms with Crippen molar-refractivity contribution in [2.45, 2.75) is 0 Å². The zero-order chi connectivity index (χ0) is 19.9. The Balaban J connectivity index is 1.56. The third-order valence-electron chi connectivity index (χ3n) is 4.85. The molecule has 1 aliphatic rings. The Hall–Kier alpha value is -2.93. The molecule has 1 N–H and O–H groups in total. The summed E-state index contributed by atoms with van der Waals surface area (Å²) in [4.78, 5) is 17.0.